The summed E-state index contributed by atoms with van der Waals surface area (Å²) in [6.07, 6.45) is 0.622. The number of hydrogen-bond acceptors (Lipinski definition) is 4. The van der Waals surface area contributed by atoms with Gasteiger partial charge in [0.15, 0.2) is 0 Å². The Labute approximate surface area is 164 Å². The van der Waals surface area contributed by atoms with Crippen LogP contribution in [-0.4, -0.2) is 29.5 Å². The molecule has 0 saturated heterocycles. The number of nitrogens with one attached hydrogen (secondary N) is 1. The highest BCUT2D eigenvalue weighted by molar-refractivity contribution is 5.92. The van der Waals surface area contributed by atoms with Gasteiger partial charge in [0.2, 0.25) is 5.95 Å². The van der Waals surface area contributed by atoms with E-state index in [2.05, 4.69) is 15.3 Å². The lowest BCUT2D eigenvalue weighted by atomic mass is 10.1. The molecule has 1 aromatic heterocycles. The summed E-state index contributed by atoms with van der Waals surface area (Å²) in [5.74, 6) is -0.00842. The molecule has 1 amide bonds. The van der Waals surface area contributed by atoms with Gasteiger partial charge in [0.05, 0.1) is 0 Å². The molecule has 28 heavy (non-hydrogen) atoms. The van der Waals surface area contributed by atoms with Gasteiger partial charge in [-0.3, -0.25) is 4.79 Å². The van der Waals surface area contributed by atoms with Crippen molar-refractivity contribution in [1.29, 1.82) is 0 Å². The maximum absolute atomic E-state index is 12.9. The zero-order valence-electron chi connectivity index (χ0n) is 16.0. The Bertz CT molecular complexity index is 929. The Hall–Kier alpha value is -3.28. The molecule has 0 spiro atoms. The van der Waals surface area contributed by atoms with Crippen LogP contribution in [0.4, 0.5) is 10.3 Å². The topological polar surface area (TPSA) is 58.1 Å². The van der Waals surface area contributed by atoms with Crippen molar-refractivity contribution in [3.05, 3.63) is 89.0 Å². The lowest BCUT2D eigenvalue weighted by molar-refractivity contribution is 0.0949. The molecule has 0 unspecified atom stereocenters. The van der Waals surface area contributed by atoms with Crippen LogP contribution in [0, 0.1) is 12.7 Å². The molecule has 0 atom stereocenters. The van der Waals surface area contributed by atoms with E-state index in [0.29, 0.717) is 31.2 Å². The summed E-state index contributed by atoms with van der Waals surface area (Å²) in [5, 5.41) is 2.86. The molecule has 6 heteroatoms. The van der Waals surface area contributed by atoms with Crippen LogP contribution in [0.15, 0.2) is 60.7 Å². The second-order valence-corrected chi connectivity index (χ2v) is 6.67. The quantitative estimate of drug-likeness (QED) is 0.683. The minimum absolute atomic E-state index is 0.248. The first-order valence-electron chi connectivity index (χ1n) is 9.14. The maximum atomic E-state index is 12.9. The first-order chi connectivity index (χ1) is 13.5. The highest BCUT2D eigenvalue weighted by Gasteiger charge is 2.13. The molecule has 1 heterocycles. The van der Waals surface area contributed by atoms with Crippen LogP contribution in [0.1, 0.15) is 27.3 Å². The van der Waals surface area contributed by atoms with Crippen molar-refractivity contribution in [2.24, 2.45) is 0 Å². The second kappa shape index (κ2) is 9.08. The van der Waals surface area contributed by atoms with Gasteiger partial charge in [-0.25, -0.2) is 14.4 Å². The number of aromatic nitrogens is 2. The first-order valence-corrected chi connectivity index (χ1v) is 9.14. The lowest BCUT2D eigenvalue weighted by Crippen LogP contribution is -2.28. The van der Waals surface area contributed by atoms with Crippen molar-refractivity contribution < 1.29 is 9.18 Å². The van der Waals surface area contributed by atoms with Crippen molar-refractivity contribution >= 4 is 11.9 Å². The van der Waals surface area contributed by atoms with Crippen LogP contribution in [0.2, 0.25) is 0 Å². The lowest BCUT2D eigenvalue weighted by Gasteiger charge is -2.18. The minimum atomic E-state index is -0.267. The highest BCUT2D eigenvalue weighted by atomic mass is 19.1. The summed E-state index contributed by atoms with van der Waals surface area (Å²) in [6.45, 7) is 2.94. The summed E-state index contributed by atoms with van der Waals surface area (Å²) < 4.78 is 12.9. The number of anilines is 1. The molecule has 1 N–H and O–H groups in total. The number of benzene rings is 2. The van der Waals surface area contributed by atoms with E-state index in [0.717, 1.165) is 16.8 Å². The molecule has 3 rings (SSSR count). The van der Waals surface area contributed by atoms with E-state index in [4.69, 9.17) is 0 Å². The van der Waals surface area contributed by atoms with Crippen molar-refractivity contribution in [2.75, 3.05) is 18.5 Å². The van der Waals surface area contributed by atoms with Gasteiger partial charge in [-0.05, 0) is 42.7 Å². The fraction of sp³-hybridized carbons (Fsp3) is 0.227. The molecule has 0 fully saturated rings. The monoisotopic (exact) mass is 378 g/mol. The predicted molar refractivity (Wildman–Crippen MR) is 108 cm³/mol. The standard InChI is InChI=1S/C22H23FN4O/c1-16-14-20(21(28)24-13-12-17-8-10-19(23)11-9-17)26-22(25-16)27(2)15-18-6-4-3-5-7-18/h3-11,14H,12-13,15H2,1-2H3,(H,24,28). The molecule has 0 aliphatic carbocycles. The normalized spacial score (nSPS) is 10.5. The molecule has 144 valence electrons. The van der Waals surface area contributed by atoms with Crippen molar-refractivity contribution in [3.8, 4) is 0 Å². The van der Waals surface area contributed by atoms with Gasteiger partial charge in [0.1, 0.15) is 11.5 Å². The average Bonchev–Trinajstić information content (AvgIpc) is 2.69. The van der Waals surface area contributed by atoms with Crippen molar-refractivity contribution in [1.82, 2.24) is 15.3 Å². The molecule has 0 radical (unpaired) electrons. The summed E-state index contributed by atoms with van der Waals surface area (Å²) in [6, 6.07) is 18.0. The SMILES string of the molecule is Cc1cc(C(=O)NCCc2ccc(F)cc2)nc(N(C)Cc2ccccc2)n1. The molecular formula is C22H23FN4O. The summed E-state index contributed by atoms with van der Waals surface area (Å²) in [4.78, 5) is 23.3. The van der Waals surface area contributed by atoms with Gasteiger partial charge in [0, 0.05) is 25.8 Å². The van der Waals surface area contributed by atoms with Crippen LogP contribution in [0.5, 0.6) is 0 Å². The Morgan fingerprint density at radius 1 is 1.04 bits per heavy atom. The highest BCUT2D eigenvalue weighted by Crippen LogP contribution is 2.12. The van der Waals surface area contributed by atoms with E-state index in [1.807, 2.05) is 49.2 Å². The zero-order chi connectivity index (χ0) is 19.9. The van der Waals surface area contributed by atoms with Crippen LogP contribution >= 0.6 is 0 Å². The Balaban J connectivity index is 1.63. The van der Waals surface area contributed by atoms with Crippen LogP contribution in [-0.2, 0) is 13.0 Å². The number of rotatable bonds is 7. The van der Waals surface area contributed by atoms with Crippen molar-refractivity contribution in [3.63, 3.8) is 0 Å². The third kappa shape index (κ3) is 5.36. The van der Waals surface area contributed by atoms with E-state index in [1.54, 1.807) is 18.2 Å². The minimum Gasteiger partial charge on any atom is -0.350 e. The molecule has 5 nitrogen and oxygen atoms in total. The van der Waals surface area contributed by atoms with Crippen molar-refractivity contribution in [2.45, 2.75) is 19.9 Å². The van der Waals surface area contributed by atoms with Gasteiger partial charge < -0.3 is 10.2 Å². The predicted octanol–water partition coefficient (Wildman–Crippen LogP) is 3.53. The number of halogens is 1. The first kappa shape index (κ1) is 19.5. The molecule has 3 aromatic rings. The maximum Gasteiger partial charge on any atom is 0.270 e. The van der Waals surface area contributed by atoms with Crippen LogP contribution < -0.4 is 10.2 Å². The van der Waals surface area contributed by atoms with E-state index in [9.17, 15) is 9.18 Å². The molecule has 0 bridgehead atoms. The van der Waals surface area contributed by atoms with E-state index in [1.165, 1.54) is 12.1 Å². The molecule has 2 aromatic carbocycles. The third-order valence-electron chi connectivity index (χ3n) is 4.29. The third-order valence-corrected chi connectivity index (χ3v) is 4.29. The van der Waals surface area contributed by atoms with Gasteiger partial charge in [-0.15, -0.1) is 0 Å². The fourth-order valence-corrected chi connectivity index (χ4v) is 2.83. The summed E-state index contributed by atoms with van der Waals surface area (Å²) >= 11 is 0. The number of carbonyl (C=O) groups excluding carboxylic acids is 1. The number of aryl methyl sites for hydroxylation is 1. The van der Waals surface area contributed by atoms with Gasteiger partial charge in [0.25, 0.3) is 5.91 Å². The second-order valence-electron chi connectivity index (χ2n) is 6.67. The number of hydrogen-bond donors (Lipinski definition) is 1. The van der Waals surface area contributed by atoms with E-state index >= 15 is 0 Å². The van der Waals surface area contributed by atoms with Gasteiger partial charge in [-0.1, -0.05) is 42.5 Å². The summed E-state index contributed by atoms with van der Waals surface area (Å²) in [7, 11) is 1.90. The number of nitrogens with zero attached hydrogens (tertiary/aromatic N) is 3. The number of amides is 1. The smallest absolute Gasteiger partial charge is 0.270 e. The fourth-order valence-electron chi connectivity index (χ4n) is 2.83. The molecule has 0 aliphatic rings. The Kier molecular flexibility index (Phi) is 6.32. The largest absolute Gasteiger partial charge is 0.350 e. The molecule has 0 aliphatic heterocycles. The van der Waals surface area contributed by atoms with E-state index in [-0.39, 0.29) is 11.7 Å². The molecule has 0 saturated carbocycles. The average molecular weight is 378 g/mol. The van der Waals surface area contributed by atoms with Crippen LogP contribution in [0.3, 0.4) is 0 Å². The summed E-state index contributed by atoms with van der Waals surface area (Å²) in [5.41, 5.74) is 3.17. The molecular weight excluding hydrogens is 355 g/mol. The number of carbonyl (C=O) groups is 1. The Morgan fingerprint density at radius 3 is 2.46 bits per heavy atom. The van der Waals surface area contributed by atoms with Gasteiger partial charge in [-0.2, -0.15) is 0 Å². The van der Waals surface area contributed by atoms with Gasteiger partial charge >= 0.3 is 0 Å². The van der Waals surface area contributed by atoms with E-state index < -0.39 is 0 Å². The van der Waals surface area contributed by atoms with Crippen LogP contribution in [0.25, 0.3) is 0 Å². The Morgan fingerprint density at radius 2 is 1.75 bits per heavy atom. The zero-order valence-corrected chi connectivity index (χ0v) is 16.0.